The first-order chi connectivity index (χ1) is 15.8. The number of halogens is 4. The number of pyridine rings is 1. The van der Waals surface area contributed by atoms with Gasteiger partial charge in [0.05, 0.1) is 24.0 Å². The van der Waals surface area contributed by atoms with Gasteiger partial charge in [0.1, 0.15) is 11.6 Å². The number of carbonyl (C=O) groups is 1. The predicted octanol–water partition coefficient (Wildman–Crippen LogP) is 4.48. The fraction of sp³-hybridized carbons (Fsp3) is 0.130. The molecule has 0 bridgehead atoms. The van der Waals surface area contributed by atoms with Gasteiger partial charge in [0.25, 0.3) is 5.91 Å². The zero-order chi connectivity index (χ0) is 24.1. The number of carbonyl (C=O) groups excluding carboxylic acids is 1. The molecule has 0 saturated heterocycles. The highest BCUT2D eigenvalue weighted by molar-refractivity contribution is 6.00. The molecule has 0 aliphatic heterocycles. The fourth-order valence-corrected chi connectivity index (χ4v) is 3.07. The van der Waals surface area contributed by atoms with Gasteiger partial charge >= 0.3 is 0 Å². The van der Waals surface area contributed by atoms with Crippen LogP contribution in [0.1, 0.15) is 21.5 Å². The van der Waals surface area contributed by atoms with Crippen LogP contribution in [0, 0.1) is 23.3 Å². The maximum absolute atomic E-state index is 15.1. The van der Waals surface area contributed by atoms with Crippen molar-refractivity contribution in [2.24, 2.45) is 0 Å². The third-order valence-corrected chi connectivity index (χ3v) is 4.75. The van der Waals surface area contributed by atoms with E-state index in [4.69, 9.17) is 10.5 Å². The molecule has 0 unspecified atom stereocenters. The summed E-state index contributed by atoms with van der Waals surface area (Å²) in [6.07, 6.45) is 2.21. The Balaban J connectivity index is 2.10. The second kappa shape index (κ2) is 10.0. The van der Waals surface area contributed by atoms with E-state index in [-0.39, 0.29) is 34.7 Å². The van der Waals surface area contributed by atoms with Crippen LogP contribution in [0.15, 0.2) is 49.2 Å². The van der Waals surface area contributed by atoms with Crippen molar-refractivity contribution >= 4 is 23.1 Å². The topological polar surface area (TPSA) is 89.3 Å². The van der Waals surface area contributed by atoms with Gasteiger partial charge in [-0.05, 0) is 35.4 Å². The monoisotopic (exact) mass is 460 g/mol. The predicted molar refractivity (Wildman–Crippen MR) is 117 cm³/mol. The molecule has 4 N–H and O–H groups in total. The first-order valence-electron chi connectivity index (χ1n) is 9.66. The Morgan fingerprint density at radius 2 is 1.88 bits per heavy atom. The molecular formula is C23H20F4N4O2. The number of nitrogens with two attached hydrogens (primary N) is 1. The van der Waals surface area contributed by atoms with E-state index < -0.39 is 47.1 Å². The fourth-order valence-electron chi connectivity index (χ4n) is 3.07. The number of methoxy groups -OCH3 is 1. The van der Waals surface area contributed by atoms with E-state index in [9.17, 15) is 18.0 Å². The molecule has 0 aliphatic carbocycles. The molecular weight excluding hydrogens is 440 g/mol. The number of ether oxygens (including phenoxy) is 1. The van der Waals surface area contributed by atoms with E-state index in [0.29, 0.717) is 0 Å². The van der Waals surface area contributed by atoms with Crippen molar-refractivity contribution in [1.29, 1.82) is 0 Å². The molecule has 0 saturated carbocycles. The van der Waals surface area contributed by atoms with Crippen LogP contribution in [-0.2, 0) is 6.42 Å². The SMILES string of the molecule is C=CCNC(=O)c1cc(Cc2ccnc(N)c2F)c(F)c(F)c1Nc1ccc(OC)cc1F. The van der Waals surface area contributed by atoms with Crippen LogP contribution >= 0.6 is 0 Å². The maximum Gasteiger partial charge on any atom is 0.253 e. The van der Waals surface area contributed by atoms with Crippen LogP contribution in [0.5, 0.6) is 5.75 Å². The van der Waals surface area contributed by atoms with Gasteiger partial charge in [-0.2, -0.15) is 0 Å². The third-order valence-electron chi connectivity index (χ3n) is 4.75. The molecule has 3 aromatic rings. The molecule has 3 rings (SSSR count). The summed E-state index contributed by atoms with van der Waals surface area (Å²) < 4.78 is 63.7. The molecule has 33 heavy (non-hydrogen) atoms. The van der Waals surface area contributed by atoms with Gasteiger partial charge in [0.2, 0.25) is 0 Å². The van der Waals surface area contributed by atoms with Crippen LogP contribution in [0.4, 0.5) is 34.8 Å². The summed E-state index contributed by atoms with van der Waals surface area (Å²) in [4.78, 5) is 16.3. The van der Waals surface area contributed by atoms with E-state index in [0.717, 1.165) is 12.1 Å². The number of nitrogens with zero attached hydrogens (tertiary/aromatic N) is 1. The number of aromatic nitrogens is 1. The van der Waals surface area contributed by atoms with E-state index >= 15 is 4.39 Å². The zero-order valence-electron chi connectivity index (χ0n) is 17.5. The smallest absolute Gasteiger partial charge is 0.253 e. The van der Waals surface area contributed by atoms with Crippen LogP contribution in [0.3, 0.4) is 0 Å². The van der Waals surface area contributed by atoms with Gasteiger partial charge in [-0.25, -0.2) is 22.5 Å². The largest absolute Gasteiger partial charge is 0.497 e. The molecule has 0 atom stereocenters. The van der Waals surface area contributed by atoms with E-state index in [1.54, 1.807) is 0 Å². The first-order valence-corrected chi connectivity index (χ1v) is 9.66. The standard InChI is InChI=1S/C23H20F4N4O2/c1-3-7-30-23(32)15-10-13(9-12-6-8-29-22(28)19(12)26)18(25)20(27)21(15)31-17-5-4-14(33-2)11-16(17)24/h3-6,8,10-11,31H,1,7,9H2,2H3,(H2,28,29)(H,30,32). The molecule has 1 aromatic heterocycles. The molecule has 6 nitrogen and oxygen atoms in total. The Morgan fingerprint density at radius 3 is 2.55 bits per heavy atom. The summed E-state index contributed by atoms with van der Waals surface area (Å²) in [5.41, 5.74) is 3.97. The highest BCUT2D eigenvalue weighted by atomic mass is 19.2. The Hall–Kier alpha value is -4.08. The highest BCUT2D eigenvalue weighted by Gasteiger charge is 2.24. The Bertz CT molecular complexity index is 1220. The van der Waals surface area contributed by atoms with Crippen molar-refractivity contribution < 1.29 is 27.1 Å². The lowest BCUT2D eigenvalue weighted by atomic mass is 9.99. The highest BCUT2D eigenvalue weighted by Crippen LogP contribution is 2.32. The first kappa shape index (κ1) is 23.6. The quantitative estimate of drug-likeness (QED) is 0.341. The van der Waals surface area contributed by atoms with Crippen molar-refractivity contribution in [2.45, 2.75) is 6.42 Å². The molecule has 0 spiro atoms. The average molecular weight is 460 g/mol. The van der Waals surface area contributed by atoms with Gasteiger partial charge < -0.3 is 21.1 Å². The van der Waals surface area contributed by atoms with Gasteiger partial charge in [-0.3, -0.25) is 4.79 Å². The number of rotatable bonds is 8. The molecule has 172 valence electrons. The lowest BCUT2D eigenvalue weighted by Crippen LogP contribution is -2.25. The lowest BCUT2D eigenvalue weighted by Gasteiger charge is -2.17. The third kappa shape index (κ3) is 5.05. The molecule has 0 radical (unpaired) electrons. The Morgan fingerprint density at radius 1 is 1.12 bits per heavy atom. The summed E-state index contributed by atoms with van der Waals surface area (Å²) in [5.74, 6) is -5.42. The summed E-state index contributed by atoms with van der Waals surface area (Å²) in [6.45, 7) is 3.52. The summed E-state index contributed by atoms with van der Waals surface area (Å²) in [5, 5.41) is 4.90. The number of nitrogens with one attached hydrogen (secondary N) is 2. The van der Waals surface area contributed by atoms with Crippen molar-refractivity contribution in [3.8, 4) is 5.75 Å². The molecule has 2 aromatic carbocycles. The van der Waals surface area contributed by atoms with Gasteiger partial charge in [-0.15, -0.1) is 6.58 Å². The Kier molecular flexibility index (Phi) is 7.17. The van der Waals surface area contributed by atoms with E-state index in [2.05, 4.69) is 22.2 Å². The maximum atomic E-state index is 15.1. The molecule has 1 amide bonds. The van der Waals surface area contributed by atoms with Crippen LogP contribution in [-0.4, -0.2) is 24.5 Å². The van der Waals surface area contributed by atoms with Crippen molar-refractivity contribution in [2.75, 3.05) is 24.7 Å². The van der Waals surface area contributed by atoms with Crippen LogP contribution in [0.25, 0.3) is 0 Å². The number of benzene rings is 2. The van der Waals surface area contributed by atoms with E-state index in [1.165, 1.54) is 37.6 Å². The summed E-state index contributed by atoms with van der Waals surface area (Å²) in [7, 11) is 1.34. The van der Waals surface area contributed by atoms with Gasteiger partial charge in [-0.1, -0.05) is 6.08 Å². The zero-order valence-corrected chi connectivity index (χ0v) is 17.5. The molecule has 0 aliphatic rings. The number of amides is 1. The normalized spacial score (nSPS) is 10.6. The molecule has 10 heteroatoms. The number of anilines is 3. The average Bonchev–Trinajstić information content (AvgIpc) is 2.80. The van der Waals surface area contributed by atoms with Crippen LogP contribution < -0.4 is 21.1 Å². The van der Waals surface area contributed by atoms with Gasteiger partial charge in [0.15, 0.2) is 23.3 Å². The second-order valence-electron chi connectivity index (χ2n) is 6.90. The number of nitrogen functional groups attached to an aromatic ring is 1. The molecule has 0 fully saturated rings. The summed E-state index contributed by atoms with van der Waals surface area (Å²) >= 11 is 0. The second-order valence-corrected chi connectivity index (χ2v) is 6.90. The molecule has 1 heterocycles. The van der Waals surface area contributed by atoms with Crippen molar-refractivity contribution in [1.82, 2.24) is 10.3 Å². The van der Waals surface area contributed by atoms with Gasteiger partial charge in [0, 0.05) is 25.2 Å². The van der Waals surface area contributed by atoms with Crippen LogP contribution in [0.2, 0.25) is 0 Å². The van der Waals surface area contributed by atoms with Crippen molar-refractivity contribution in [3.63, 3.8) is 0 Å². The van der Waals surface area contributed by atoms with Crippen molar-refractivity contribution in [3.05, 3.63) is 89.1 Å². The Labute approximate surface area is 187 Å². The van der Waals surface area contributed by atoms with E-state index in [1.807, 2.05) is 0 Å². The summed E-state index contributed by atoms with van der Waals surface area (Å²) in [6, 6.07) is 6.02. The number of hydrogen-bond acceptors (Lipinski definition) is 5. The lowest BCUT2D eigenvalue weighted by molar-refractivity contribution is 0.0958. The minimum Gasteiger partial charge on any atom is -0.497 e. The number of hydrogen-bond donors (Lipinski definition) is 3. The minimum absolute atomic E-state index is 0.0407. The minimum atomic E-state index is -1.44.